The van der Waals surface area contributed by atoms with Gasteiger partial charge in [0.1, 0.15) is 0 Å². The highest BCUT2D eigenvalue weighted by atomic mass is 32.2. The Morgan fingerprint density at radius 2 is 2.10 bits per heavy atom. The van der Waals surface area contributed by atoms with Gasteiger partial charge in [-0.15, -0.1) is 0 Å². The van der Waals surface area contributed by atoms with Crippen LogP contribution in [0.25, 0.3) is 5.69 Å². The molecular formula is C16H21N3S. The van der Waals surface area contributed by atoms with Crippen molar-refractivity contribution in [3.8, 4) is 5.69 Å². The van der Waals surface area contributed by atoms with Crippen molar-refractivity contribution in [2.45, 2.75) is 30.6 Å². The van der Waals surface area contributed by atoms with Gasteiger partial charge in [0, 0.05) is 35.4 Å². The van der Waals surface area contributed by atoms with Gasteiger partial charge in [0.25, 0.3) is 0 Å². The van der Waals surface area contributed by atoms with Crippen LogP contribution in [0.3, 0.4) is 0 Å². The van der Waals surface area contributed by atoms with Crippen molar-refractivity contribution in [1.29, 1.82) is 0 Å². The van der Waals surface area contributed by atoms with E-state index in [0.717, 1.165) is 12.2 Å². The zero-order valence-corrected chi connectivity index (χ0v) is 12.9. The molecule has 0 aliphatic heterocycles. The van der Waals surface area contributed by atoms with Crippen LogP contribution in [0.2, 0.25) is 0 Å². The predicted octanol–water partition coefficient (Wildman–Crippen LogP) is 3.42. The van der Waals surface area contributed by atoms with Crippen LogP contribution in [-0.4, -0.2) is 27.1 Å². The number of nitrogens with one attached hydrogen (secondary N) is 1. The van der Waals surface area contributed by atoms with E-state index in [-0.39, 0.29) is 0 Å². The van der Waals surface area contributed by atoms with Crippen LogP contribution in [0.5, 0.6) is 0 Å². The summed E-state index contributed by atoms with van der Waals surface area (Å²) in [7, 11) is 0. The van der Waals surface area contributed by atoms with E-state index in [4.69, 9.17) is 0 Å². The average molecular weight is 287 g/mol. The Hall–Kier alpha value is -1.26. The van der Waals surface area contributed by atoms with Crippen LogP contribution in [-0.2, 0) is 0 Å². The molecule has 1 fully saturated rings. The lowest BCUT2D eigenvalue weighted by Crippen LogP contribution is -2.28. The third-order valence-electron chi connectivity index (χ3n) is 4.17. The molecule has 3 nitrogen and oxygen atoms in total. The number of hydrogen-bond acceptors (Lipinski definition) is 3. The van der Waals surface area contributed by atoms with Crippen LogP contribution in [0.1, 0.15) is 31.4 Å². The molecule has 0 radical (unpaired) electrons. The summed E-state index contributed by atoms with van der Waals surface area (Å²) >= 11 is 2.00. The highest BCUT2D eigenvalue weighted by Gasteiger charge is 2.41. The van der Waals surface area contributed by atoms with Crippen molar-refractivity contribution in [2.24, 2.45) is 0 Å². The Morgan fingerprint density at radius 3 is 2.65 bits per heavy atom. The highest BCUT2D eigenvalue weighted by Crippen LogP contribution is 2.46. The number of nitrogens with zero attached hydrogens (tertiary/aromatic N) is 2. The standard InChI is InChI=1S/C16H21N3S/c1-13(18-11-16(20-2)7-8-16)14-3-5-15(6-4-14)19-10-9-17-12-19/h3-6,9-10,12-13,18H,7-8,11H2,1-2H3. The number of imidazole rings is 1. The first-order chi connectivity index (χ1) is 9.72. The maximum absolute atomic E-state index is 4.08. The molecule has 0 bridgehead atoms. The molecule has 1 aliphatic rings. The SMILES string of the molecule is CSC1(CNC(C)c2ccc(-n3ccnc3)cc2)CC1. The Balaban J connectivity index is 1.62. The number of benzene rings is 1. The van der Waals surface area contributed by atoms with Gasteiger partial charge in [-0.25, -0.2) is 4.98 Å². The van der Waals surface area contributed by atoms with Gasteiger partial charge < -0.3 is 9.88 Å². The van der Waals surface area contributed by atoms with E-state index in [9.17, 15) is 0 Å². The molecule has 1 N–H and O–H groups in total. The second-order valence-electron chi connectivity index (χ2n) is 5.55. The summed E-state index contributed by atoms with van der Waals surface area (Å²) in [6.45, 7) is 3.35. The van der Waals surface area contributed by atoms with Gasteiger partial charge in [-0.05, 0) is 43.7 Å². The zero-order chi connectivity index (χ0) is 14.0. The second-order valence-corrected chi connectivity index (χ2v) is 6.83. The molecule has 1 heterocycles. The van der Waals surface area contributed by atoms with Crippen LogP contribution in [0, 0.1) is 0 Å². The minimum atomic E-state index is 0.400. The summed E-state index contributed by atoms with van der Waals surface area (Å²) in [5.41, 5.74) is 2.49. The molecule has 2 aromatic rings. The van der Waals surface area contributed by atoms with Crippen LogP contribution in [0.4, 0.5) is 0 Å². The van der Waals surface area contributed by atoms with Gasteiger partial charge >= 0.3 is 0 Å². The third kappa shape index (κ3) is 2.91. The Kier molecular flexibility index (Phi) is 3.85. The molecule has 0 spiro atoms. The Morgan fingerprint density at radius 1 is 1.35 bits per heavy atom. The smallest absolute Gasteiger partial charge is 0.0991 e. The fraction of sp³-hybridized carbons (Fsp3) is 0.438. The quantitative estimate of drug-likeness (QED) is 0.883. The summed E-state index contributed by atoms with van der Waals surface area (Å²) in [5.74, 6) is 0. The predicted molar refractivity (Wildman–Crippen MR) is 85.5 cm³/mol. The van der Waals surface area contributed by atoms with Crippen molar-refractivity contribution in [1.82, 2.24) is 14.9 Å². The molecule has 1 unspecified atom stereocenters. The lowest BCUT2D eigenvalue weighted by molar-refractivity contribution is 0.563. The molecule has 1 aromatic carbocycles. The van der Waals surface area contributed by atoms with Crippen molar-refractivity contribution < 1.29 is 0 Å². The first kappa shape index (κ1) is 13.7. The number of hydrogen-bond donors (Lipinski definition) is 1. The van der Waals surface area contributed by atoms with Crippen molar-refractivity contribution in [3.05, 3.63) is 48.5 Å². The molecular weight excluding hydrogens is 266 g/mol. The van der Waals surface area contributed by atoms with Gasteiger partial charge in [0.05, 0.1) is 6.33 Å². The second kappa shape index (κ2) is 5.62. The molecule has 1 atom stereocenters. The van der Waals surface area contributed by atoms with Crippen LogP contribution < -0.4 is 5.32 Å². The lowest BCUT2D eigenvalue weighted by Gasteiger charge is -2.19. The van der Waals surface area contributed by atoms with Crippen LogP contribution >= 0.6 is 11.8 Å². The third-order valence-corrected chi connectivity index (χ3v) is 5.59. The topological polar surface area (TPSA) is 29.9 Å². The molecule has 20 heavy (non-hydrogen) atoms. The van der Waals surface area contributed by atoms with E-state index in [2.05, 4.69) is 47.7 Å². The monoisotopic (exact) mass is 287 g/mol. The average Bonchev–Trinajstić information content (AvgIpc) is 3.07. The summed E-state index contributed by atoms with van der Waals surface area (Å²) < 4.78 is 2.54. The molecule has 106 valence electrons. The molecule has 0 saturated heterocycles. The number of thioether (sulfide) groups is 1. The zero-order valence-electron chi connectivity index (χ0n) is 12.0. The van der Waals surface area contributed by atoms with E-state index in [0.29, 0.717) is 10.8 Å². The Labute approximate surface area is 124 Å². The van der Waals surface area contributed by atoms with Crippen molar-refractivity contribution in [3.63, 3.8) is 0 Å². The Bertz CT molecular complexity index is 544. The molecule has 4 heteroatoms. The first-order valence-electron chi connectivity index (χ1n) is 7.09. The van der Waals surface area contributed by atoms with E-state index in [1.807, 2.05) is 28.9 Å². The van der Waals surface area contributed by atoms with Crippen LogP contribution in [0.15, 0.2) is 43.0 Å². The van der Waals surface area contributed by atoms with Crippen molar-refractivity contribution in [2.75, 3.05) is 12.8 Å². The van der Waals surface area contributed by atoms with Gasteiger partial charge in [0.15, 0.2) is 0 Å². The molecule has 1 aromatic heterocycles. The molecule has 1 aliphatic carbocycles. The maximum Gasteiger partial charge on any atom is 0.0991 e. The summed E-state index contributed by atoms with van der Waals surface area (Å²) in [4.78, 5) is 4.08. The minimum absolute atomic E-state index is 0.400. The normalized spacial score (nSPS) is 17.9. The van der Waals surface area contributed by atoms with E-state index in [1.54, 1.807) is 6.20 Å². The van der Waals surface area contributed by atoms with E-state index < -0.39 is 0 Å². The lowest BCUT2D eigenvalue weighted by atomic mass is 10.1. The number of aromatic nitrogens is 2. The van der Waals surface area contributed by atoms with Gasteiger partial charge in [-0.3, -0.25) is 0 Å². The van der Waals surface area contributed by atoms with E-state index in [1.165, 1.54) is 18.4 Å². The maximum atomic E-state index is 4.08. The molecule has 1 saturated carbocycles. The fourth-order valence-corrected chi connectivity index (χ4v) is 3.13. The largest absolute Gasteiger partial charge is 0.309 e. The van der Waals surface area contributed by atoms with Gasteiger partial charge in [0.2, 0.25) is 0 Å². The van der Waals surface area contributed by atoms with Gasteiger partial charge in [-0.2, -0.15) is 11.8 Å². The molecule has 3 rings (SSSR count). The fourth-order valence-electron chi connectivity index (χ4n) is 2.40. The summed E-state index contributed by atoms with van der Waals surface area (Å²) in [6, 6.07) is 9.10. The van der Waals surface area contributed by atoms with Gasteiger partial charge in [-0.1, -0.05) is 12.1 Å². The molecule has 0 amide bonds. The first-order valence-corrected chi connectivity index (χ1v) is 8.32. The van der Waals surface area contributed by atoms with E-state index >= 15 is 0 Å². The minimum Gasteiger partial charge on any atom is -0.309 e. The number of rotatable bonds is 6. The summed E-state index contributed by atoms with van der Waals surface area (Å²) in [6.07, 6.45) is 10.5. The van der Waals surface area contributed by atoms with Crippen molar-refractivity contribution >= 4 is 11.8 Å². The summed E-state index contributed by atoms with van der Waals surface area (Å²) in [5, 5.41) is 3.67. The highest BCUT2D eigenvalue weighted by molar-refractivity contribution is 8.00.